The minimum atomic E-state index is -0.935. The third kappa shape index (κ3) is 4.14. The zero-order valence-corrected chi connectivity index (χ0v) is 14.8. The van der Waals surface area contributed by atoms with Crippen LogP contribution in [-0.4, -0.2) is 39.2 Å². The van der Waals surface area contributed by atoms with Crippen molar-refractivity contribution < 1.29 is 14.7 Å². The summed E-state index contributed by atoms with van der Waals surface area (Å²) in [5, 5.41) is 12.0. The van der Waals surface area contributed by atoms with Gasteiger partial charge in [0.05, 0.1) is 15.7 Å². The normalized spacial score (nSPS) is 21.5. The summed E-state index contributed by atoms with van der Waals surface area (Å²) in [6.07, 6.45) is 1.73. The highest BCUT2D eigenvalue weighted by molar-refractivity contribution is 9.11. The molecule has 21 heavy (non-hydrogen) atoms. The van der Waals surface area contributed by atoms with E-state index in [4.69, 9.17) is 0 Å². The van der Waals surface area contributed by atoms with Gasteiger partial charge in [-0.05, 0) is 34.5 Å². The number of carbonyl (C=O) groups excluding carboxylic acids is 1. The molecule has 8 heteroatoms. The van der Waals surface area contributed by atoms with Gasteiger partial charge in [0.25, 0.3) is 0 Å². The lowest BCUT2D eigenvalue weighted by molar-refractivity contribution is -0.141. The average Bonchev–Trinajstić information content (AvgIpc) is 3.03. The van der Waals surface area contributed by atoms with Crippen LogP contribution in [0.2, 0.25) is 0 Å². The molecule has 0 spiro atoms. The third-order valence-corrected chi connectivity index (χ3v) is 6.17. The molecule has 2 unspecified atom stereocenters. The molecule has 116 valence electrons. The standard InChI is InChI=1S/C13H17BrN2O3S2/c1-2-3-11-16(9(7-20-11)12(17)18)13(19)15-6-8-4-5-10(14)21-8/h4-5,9,11H,2-3,6-7H2,1H3,(H,15,19)(H,17,18). The number of carboxylic acids is 1. The van der Waals surface area contributed by atoms with E-state index >= 15 is 0 Å². The molecule has 0 radical (unpaired) electrons. The predicted molar refractivity (Wildman–Crippen MR) is 88.7 cm³/mol. The Morgan fingerprint density at radius 1 is 1.52 bits per heavy atom. The number of hydrogen-bond acceptors (Lipinski definition) is 4. The SMILES string of the molecule is CCCC1SCC(C(=O)O)N1C(=O)NCc1ccc(Br)s1. The Hall–Kier alpha value is -0.730. The molecule has 1 saturated heterocycles. The number of hydrogen-bond donors (Lipinski definition) is 2. The Morgan fingerprint density at radius 2 is 2.29 bits per heavy atom. The first-order chi connectivity index (χ1) is 10.0. The Kier molecular flexibility index (Phi) is 5.95. The molecule has 0 aliphatic carbocycles. The number of urea groups is 1. The molecule has 0 saturated carbocycles. The first kappa shape index (κ1) is 16.6. The highest BCUT2D eigenvalue weighted by atomic mass is 79.9. The summed E-state index contributed by atoms with van der Waals surface area (Å²) in [4.78, 5) is 26.2. The summed E-state index contributed by atoms with van der Waals surface area (Å²) < 4.78 is 1.01. The molecule has 5 nitrogen and oxygen atoms in total. The summed E-state index contributed by atoms with van der Waals surface area (Å²) in [5.41, 5.74) is 0. The maximum Gasteiger partial charge on any atom is 0.327 e. The summed E-state index contributed by atoms with van der Waals surface area (Å²) in [6.45, 7) is 2.45. The smallest absolute Gasteiger partial charge is 0.327 e. The number of thiophene rings is 1. The fourth-order valence-corrected chi connectivity index (χ4v) is 5.13. The van der Waals surface area contributed by atoms with Crippen molar-refractivity contribution in [3.8, 4) is 0 Å². The van der Waals surface area contributed by atoms with Crippen molar-refractivity contribution in [2.45, 2.75) is 37.7 Å². The van der Waals surface area contributed by atoms with Crippen LogP contribution in [0.1, 0.15) is 24.6 Å². The van der Waals surface area contributed by atoms with Crippen LogP contribution < -0.4 is 5.32 Å². The van der Waals surface area contributed by atoms with Crippen molar-refractivity contribution in [2.75, 3.05) is 5.75 Å². The van der Waals surface area contributed by atoms with Crippen LogP contribution in [0.25, 0.3) is 0 Å². The van der Waals surface area contributed by atoms with Crippen LogP contribution in [0, 0.1) is 0 Å². The minimum absolute atomic E-state index is 0.0498. The molecule has 1 fully saturated rings. The zero-order valence-electron chi connectivity index (χ0n) is 11.5. The molecule has 2 amide bonds. The average molecular weight is 393 g/mol. The van der Waals surface area contributed by atoms with Crippen LogP contribution in [0.3, 0.4) is 0 Å². The lowest BCUT2D eigenvalue weighted by Gasteiger charge is -2.27. The second-order valence-corrected chi connectivity index (χ2v) is 8.46. The van der Waals surface area contributed by atoms with Gasteiger partial charge in [-0.2, -0.15) is 0 Å². The minimum Gasteiger partial charge on any atom is -0.480 e. The summed E-state index contributed by atoms with van der Waals surface area (Å²) in [6, 6.07) is 2.83. The first-order valence-electron chi connectivity index (χ1n) is 6.67. The van der Waals surface area contributed by atoms with Crippen molar-refractivity contribution in [2.24, 2.45) is 0 Å². The number of nitrogens with zero attached hydrogens (tertiary/aromatic N) is 1. The second-order valence-electron chi connectivity index (χ2n) is 4.70. The molecular weight excluding hydrogens is 376 g/mol. The number of nitrogens with one attached hydrogen (secondary N) is 1. The highest BCUT2D eigenvalue weighted by Crippen LogP contribution is 2.32. The molecule has 2 N–H and O–H groups in total. The zero-order chi connectivity index (χ0) is 15.4. The summed E-state index contributed by atoms with van der Waals surface area (Å²) >= 11 is 6.48. The predicted octanol–water partition coefficient (Wildman–Crippen LogP) is 3.35. The fourth-order valence-electron chi connectivity index (χ4n) is 2.20. The molecule has 0 aromatic carbocycles. The number of carbonyl (C=O) groups is 2. The Bertz CT molecular complexity index is 523. The number of amides is 2. The molecule has 1 aliphatic rings. The number of halogens is 1. The Morgan fingerprint density at radius 3 is 2.86 bits per heavy atom. The lowest BCUT2D eigenvalue weighted by Crippen LogP contribution is -2.49. The summed E-state index contributed by atoms with van der Waals surface area (Å²) in [7, 11) is 0. The maximum atomic E-state index is 12.4. The molecule has 1 aromatic heterocycles. The van der Waals surface area contributed by atoms with E-state index in [2.05, 4.69) is 21.2 Å². The van der Waals surface area contributed by atoms with Gasteiger partial charge in [0.15, 0.2) is 0 Å². The highest BCUT2D eigenvalue weighted by Gasteiger charge is 2.41. The first-order valence-corrected chi connectivity index (χ1v) is 9.33. The monoisotopic (exact) mass is 392 g/mol. The van der Waals surface area contributed by atoms with E-state index in [0.29, 0.717) is 12.3 Å². The van der Waals surface area contributed by atoms with Gasteiger partial charge in [-0.25, -0.2) is 9.59 Å². The van der Waals surface area contributed by atoms with E-state index in [1.807, 2.05) is 19.1 Å². The molecule has 1 aromatic rings. The van der Waals surface area contributed by atoms with E-state index in [-0.39, 0.29) is 11.4 Å². The van der Waals surface area contributed by atoms with Gasteiger partial charge >= 0.3 is 12.0 Å². The van der Waals surface area contributed by atoms with E-state index in [9.17, 15) is 14.7 Å². The Labute approximate surface area is 140 Å². The van der Waals surface area contributed by atoms with E-state index in [1.54, 1.807) is 23.1 Å². The van der Waals surface area contributed by atoms with Crippen LogP contribution in [0.4, 0.5) is 4.79 Å². The number of carboxylic acid groups (broad SMARTS) is 1. The summed E-state index contributed by atoms with van der Waals surface area (Å²) in [5.74, 6) is -0.479. The van der Waals surface area contributed by atoms with Gasteiger partial charge in [-0.3, -0.25) is 4.90 Å². The number of rotatable bonds is 5. The molecule has 2 rings (SSSR count). The fraction of sp³-hybridized carbons (Fsp3) is 0.538. The molecule has 2 atom stereocenters. The molecule has 2 heterocycles. The van der Waals surface area contributed by atoms with E-state index in [1.165, 1.54) is 4.90 Å². The topological polar surface area (TPSA) is 69.6 Å². The molecule has 1 aliphatic heterocycles. The van der Waals surface area contributed by atoms with Gasteiger partial charge < -0.3 is 10.4 Å². The van der Waals surface area contributed by atoms with Crippen LogP contribution in [0.5, 0.6) is 0 Å². The van der Waals surface area contributed by atoms with Crippen LogP contribution in [-0.2, 0) is 11.3 Å². The number of thioether (sulfide) groups is 1. The van der Waals surface area contributed by atoms with Crippen molar-refractivity contribution in [1.29, 1.82) is 0 Å². The van der Waals surface area contributed by atoms with Crippen LogP contribution >= 0.6 is 39.0 Å². The quantitative estimate of drug-likeness (QED) is 0.805. The second kappa shape index (κ2) is 7.51. The lowest BCUT2D eigenvalue weighted by atomic mass is 10.2. The van der Waals surface area contributed by atoms with Gasteiger partial charge in [0.1, 0.15) is 6.04 Å². The van der Waals surface area contributed by atoms with Gasteiger partial charge in [0, 0.05) is 10.6 Å². The van der Waals surface area contributed by atoms with Crippen molar-refractivity contribution in [3.63, 3.8) is 0 Å². The third-order valence-electron chi connectivity index (χ3n) is 3.19. The largest absolute Gasteiger partial charge is 0.480 e. The van der Waals surface area contributed by atoms with Crippen molar-refractivity contribution in [1.82, 2.24) is 10.2 Å². The van der Waals surface area contributed by atoms with Gasteiger partial charge in [-0.1, -0.05) is 13.3 Å². The molecular formula is C13H17BrN2O3S2. The maximum absolute atomic E-state index is 12.4. The van der Waals surface area contributed by atoms with E-state index in [0.717, 1.165) is 21.5 Å². The number of aliphatic carboxylic acids is 1. The van der Waals surface area contributed by atoms with Crippen molar-refractivity contribution in [3.05, 3.63) is 20.8 Å². The van der Waals surface area contributed by atoms with Crippen molar-refractivity contribution >= 4 is 51.0 Å². The molecule has 0 bridgehead atoms. The van der Waals surface area contributed by atoms with E-state index < -0.39 is 12.0 Å². The van der Waals surface area contributed by atoms with Gasteiger partial charge in [0.2, 0.25) is 0 Å². The Balaban J connectivity index is 2.00. The van der Waals surface area contributed by atoms with Gasteiger partial charge in [-0.15, -0.1) is 23.1 Å². The van der Waals surface area contributed by atoms with Crippen LogP contribution in [0.15, 0.2) is 15.9 Å².